The van der Waals surface area contributed by atoms with Gasteiger partial charge in [-0.15, -0.1) is 24.8 Å². The van der Waals surface area contributed by atoms with E-state index in [1.165, 1.54) is 0 Å². The molecule has 0 amide bonds. The van der Waals surface area contributed by atoms with E-state index in [-0.39, 0.29) is 30.4 Å². The molecule has 4 aromatic rings. The Balaban J connectivity index is 0.00000121. The molecule has 1 N–H and O–H groups in total. The molecule has 136 valence electrons. The number of aromatic nitrogens is 3. The number of aromatic amines is 1. The van der Waals surface area contributed by atoms with E-state index < -0.39 is 0 Å². The summed E-state index contributed by atoms with van der Waals surface area (Å²) in [6.45, 7) is 0.796. The molecule has 0 aliphatic heterocycles. The Labute approximate surface area is 163 Å². The molecule has 1 aromatic carbocycles. The normalized spacial score (nSPS) is 10.7. The first-order chi connectivity index (χ1) is 11.6. The van der Waals surface area contributed by atoms with Gasteiger partial charge in [-0.25, -0.2) is 4.98 Å². The Morgan fingerprint density at radius 3 is 2.65 bits per heavy atom. The van der Waals surface area contributed by atoms with Gasteiger partial charge in [0.05, 0.1) is 11.4 Å². The Morgan fingerprint density at radius 2 is 1.88 bits per heavy atom. The summed E-state index contributed by atoms with van der Waals surface area (Å²) in [5.74, 6) is 0. The van der Waals surface area contributed by atoms with Crippen LogP contribution in [-0.4, -0.2) is 33.4 Å². The quantitative estimate of drug-likeness (QED) is 0.579. The minimum atomic E-state index is -0.0868. The first-order valence-corrected chi connectivity index (χ1v) is 7.86. The van der Waals surface area contributed by atoms with Crippen molar-refractivity contribution in [3.63, 3.8) is 0 Å². The Hall–Kier alpha value is -2.34. The highest BCUT2D eigenvalue weighted by Gasteiger charge is 2.14. The maximum Gasteiger partial charge on any atom is 0.248 e. The number of halogens is 2. The van der Waals surface area contributed by atoms with Crippen molar-refractivity contribution in [3.8, 4) is 11.3 Å². The summed E-state index contributed by atoms with van der Waals surface area (Å²) in [6.07, 6.45) is 2.04. The number of nitrogens with zero attached hydrogens (tertiary/aromatic N) is 3. The second-order valence-corrected chi connectivity index (χ2v) is 6.20. The number of hydrogen-bond donors (Lipinski definition) is 1. The molecule has 0 saturated carbocycles. The topological polar surface area (TPSA) is 53.4 Å². The van der Waals surface area contributed by atoms with Crippen LogP contribution < -0.4 is 5.56 Å². The van der Waals surface area contributed by atoms with Crippen LogP contribution in [0.2, 0.25) is 0 Å². The zero-order chi connectivity index (χ0) is 16.7. The molecule has 0 aliphatic carbocycles. The van der Waals surface area contributed by atoms with Crippen LogP contribution >= 0.6 is 24.8 Å². The predicted molar refractivity (Wildman–Crippen MR) is 111 cm³/mol. The van der Waals surface area contributed by atoms with E-state index >= 15 is 0 Å². The molecule has 0 saturated heterocycles. The standard InChI is InChI=1S/C19H18N4O.2ClH/c1-22(2)12-16-19(21-17-5-3-4-10-23(16)17)14-6-8-15-13(11-14)7-9-18(24)20-15;;/h3-11H,12H2,1-2H3,(H,20,24);2*1H. The smallest absolute Gasteiger partial charge is 0.248 e. The molecular weight excluding hydrogens is 371 g/mol. The Morgan fingerprint density at radius 1 is 1.08 bits per heavy atom. The minimum Gasteiger partial charge on any atom is -0.322 e. The lowest BCUT2D eigenvalue weighted by atomic mass is 10.1. The van der Waals surface area contributed by atoms with E-state index in [9.17, 15) is 4.79 Å². The number of pyridine rings is 2. The molecule has 3 heterocycles. The van der Waals surface area contributed by atoms with Crippen molar-refractivity contribution in [1.82, 2.24) is 19.3 Å². The molecule has 0 unspecified atom stereocenters. The van der Waals surface area contributed by atoms with Crippen LogP contribution in [0.3, 0.4) is 0 Å². The second-order valence-electron chi connectivity index (χ2n) is 6.20. The van der Waals surface area contributed by atoms with Crippen LogP contribution in [0.5, 0.6) is 0 Å². The average Bonchev–Trinajstić information content (AvgIpc) is 2.92. The number of nitrogens with one attached hydrogen (secondary N) is 1. The molecule has 0 bridgehead atoms. The van der Waals surface area contributed by atoms with E-state index in [0.717, 1.165) is 40.0 Å². The molecule has 0 spiro atoms. The molecule has 26 heavy (non-hydrogen) atoms. The largest absolute Gasteiger partial charge is 0.322 e. The summed E-state index contributed by atoms with van der Waals surface area (Å²) < 4.78 is 2.13. The number of imidazole rings is 1. The summed E-state index contributed by atoms with van der Waals surface area (Å²) in [6, 6.07) is 15.5. The Kier molecular flexibility index (Phi) is 6.08. The number of rotatable bonds is 3. The SMILES string of the molecule is CN(C)Cc1c(-c2ccc3[nH]c(=O)ccc3c2)nc2ccccn12.Cl.Cl. The molecule has 5 nitrogen and oxygen atoms in total. The highest BCUT2D eigenvalue weighted by Crippen LogP contribution is 2.27. The van der Waals surface area contributed by atoms with E-state index in [1.54, 1.807) is 6.07 Å². The van der Waals surface area contributed by atoms with Gasteiger partial charge in [0.2, 0.25) is 5.56 Å². The fourth-order valence-corrected chi connectivity index (χ4v) is 3.03. The molecule has 3 aromatic heterocycles. The average molecular weight is 391 g/mol. The van der Waals surface area contributed by atoms with E-state index in [2.05, 4.69) is 34.4 Å². The van der Waals surface area contributed by atoms with Crippen molar-refractivity contribution >= 4 is 41.4 Å². The van der Waals surface area contributed by atoms with Gasteiger partial charge >= 0.3 is 0 Å². The lowest BCUT2D eigenvalue weighted by Gasteiger charge is -2.11. The van der Waals surface area contributed by atoms with Gasteiger partial charge in [-0.1, -0.05) is 12.1 Å². The van der Waals surface area contributed by atoms with Crippen molar-refractivity contribution in [2.45, 2.75) is 6.54 Å². The van der Waals surface area contributed by atoms with Gasteiger partial charge in [0.25, 0.3) is 0 Å². The zero-order valence-corrected chi connectivity index (χ0v) is 16.1. The summed E-state index contributed by atoms with van der Waals surface area (Å²) in [5.41, 5.74) is 4.86. The van der Waals surface area contributed by atoms with Crippen LogP contribution in [0.1, 0.15) is 5.69 Å². The van der Waals surface area contributed by atoms with Crippen molar-refractivity contribution in [1.29, 1.82) is 0 Å². The molecule has 7 heteroatoms. The van der Waals surface area contributed by atoms with Gasteiger partial charge in [0, 0.05) is 29.9 Å². The second kappa shape index (κ2) is 7.91. The number of fused-ring (bicyclic) bond motifs is 2. The van der Waals surface area contributed by atoms with Gasteiger partial charge in [-0.2, -0.15) is 0 Å². The van der Waals surface area contributed by atoms with Gasteiger partial charge in [0.1, 0.15) is 5.65 Å². The van der Waals surface area contributed by atoms with Crippen molar-refractivity contribution in [2.75, 3.05) is 14.1 Å². The minimum absolute atomic E-state index is 0. The van der Waals surface area contributed by atoms with Gasteiger partial charge < -0.3 is 14.3 Å². The summed E-state index contributed by atoms with van der Waals surface area (Å²) in [7, 11) is 4.11. The fraction of sp³-hybridized carbons (Fsp3) is 0.158. The molecular formula is C19H20Cl2N4O. The number of benzene rings is 1. The summed E-state index contributed by atoms with van der Waals surface area (Å²) in [5, 5.41) is 1.000. The summed E-state index contributed by atoms with van der Waals surface area (Å²) >= 11 is 0. The lowest BCUT2D eigenvalue weighted by molar-refractivity contribution is 0.396. The van der Waals surface area contributed by atoms with Crippen LogP contribution in [0.15, 0.2) is 59.5 Å². The van der Waals surface area contributed by atoms with Gasteiger partial charge in [-0.05, 0) is 49.8 Å². The van der Waals surface area contributed by atoms with Crippen LogP contribution in [0, 0.1) is 0 Å². The zero-order valence-electron chi connectivity index (χ0n) is 14.5. The first kappa shape index (κ1) is 20.0. The highest BCUT2D eigenvalue weighted by atomic mass is 35.5. The van der Waals surface area contributed by atoms with Crippen molar-refractivity contribution in [3.05, 3.63) is 70.8 Å². The molecule has 0 radical (unpaired) electrons. The third kappa shape index (κ3) is 3.60. The maximum atomic E-state index is 11.5. The van der Waals surface area contributed by atoms with E-state index in [1.807, 2.05) is 42.6 Å². The highest BCUT2D eigenvalue weighted by molar-refractivity contribution is 5.86. The van der Waals surface area contributed by atoms with Crippen LogP contribution in [0.25, 0.3) is 27.8 Å². The predicted octanol–water partition coefficient (Wildman–Crippen LogP) is 3.75. The molecule has 0 fully saturated rings. The fourth-order valence-electron chi connectivity index (χ4n) is 3.03. The van der Waals surface area contributed by atoms with Crippen molar-refractivity contribution in [2.24, 2.45) is 0 Å². The van der Waals surface area contributed by atoms with Crippen LogP contribution in [0.4, 0.5) is 0 Å². The van der Waals surface area contributed by atoms with E-state index in [4.69, 9.17) is 4.98 Å². The molecule has 4 rings (SSSR count). The van der Waals surface area contributed by atoms with Gasteiger partial charge in [-0.3, -0.25) is 4.79 Å². The number of hydrogen-bond acceptors (Lipinski definition) is 3. The third-order valence-corrected chi connectivity index (χ3v) is 4.09. The molecule has 0 atom stereocenters. The monoisotopic (exact) mass is 390 g/mol. The first-order valence-electron chi connectivity index (χ1n) is 7.86. The lowest BCUT2D eigenvalue weighted by Crippen LogP contribution is -2.13. The Bertz CT molecular complexity index is 1100. The number of H-pyrrole nitrogens is 1. The maximum absolute atomic E-state index is 11.5. The van der Waals surface area contributed by atoms with E-state index in [0.29, 0.717) is 0 Å². The van der Waals surface area contributed by atoms with Crippen molar-refractivity contribution < 1.29 is 0 Å². The molecule has 0 aliphatic rings. The summed E-state index contributed by atoms with van der Waals surface area (Å²) in [4.78, 5) is 21.3. The van der Waals surface area contributed by atoms with Crippen LogP contribution in [-0.2, 0) is 6.54 Å². The third-order valence-electron chi connectivity index (χ3n) is 4.09. The van der Waals surface area contributed by atoms with Gasteiger partial charge in [0.15, 0.2) is 0 Å².